The third-order valence-corrected chi connectivity index (χ3v) is 4.47. The van der Waals surface area contributed by atoms with E-state index in [1.165, 1.54) is 13.3 Å². The Morgan fingerprint density at radius 3 is 2.42 bits per heavy atom. The van der Waals surface area contributed by atoms with Crippen molar-refractivity contribution in [2.45, 2.75) is 0 Å². The molecule has 0 saturated heterocycles. The monoisotopic (exact) mass is 478 g/mol. The van der Waals surface area contributed by atoms with E-state index in [0.29, 0.717) is 32.7 Å². The number of hydrogen-bond donors (Lipinski definition) is 1. The minimum atomic E-state index is -0.355. The number of nitrogens with one attached hydrogen (secondary N) is 1. The molecule has 0 atom stereocenters. The number of amides is 1. The average Bonchev–Trinajstić information content (AvgIpc) is 2.55. The third-order valence-electron chi connectivity index (χ3n) is 3.02. The van der Waals surface area contributed by atoms with Crippen LogP contribution in [0.4, 0.5) is 0 Å². The lowest BCUT2D eigenvalue weighted by Crippen LogP contribution is -2.17. The molecule has 8 heteroatoms. The fraction of sp³-hybridized carbons (Fsp3) is 0.125. The van der Waals surface area contributed by atoms with E-state index in [0.717, 1.165) is 3.57 Å². The molecule has 0 radical (unpaired) electrons. The first-order valence-electron chi connectivity index (χ1n) is 6.66. The summed E-state index contributed by atoms with van der Waals surface area (Å²) in [6, 6.07) is 8.40. The first kappa shape index (κ1) is 18.8. The second-order valence-electron chi connectivity index (χ2n) is 4.57. The molecule has 1 N–H and O–H groups in total. The minimum Gasteiger partial charge on any atom is -0.496 e. The van der Waals surface area contributed by atoms with Crippen molar-refractivity contribution in [3.63, 3.8) is 0 Å². The van der Waals surface area contributed by atoms with Gasteiger partial charge in [-0.2, -0.15) is 5.10 Å². The van der Waals surface area contributed by atoms with Crippen molar-refractivity contribution in [2.75, 3.05) is 14.2 Å². The molecular formula is C16H13Cl2IN2O3. The number of benzene rings is 2. The maximum absolute atomic E-state index is 12.1. The summed E-state index contributed by atoms with van der Waals surface area (Å²) < 4.78 is 11.2. The summed E-state index contributed by atoms with van der Waals surface area (Å²) in [5.74, 6) is 0.665. The maximum Gasteiger partial charge on any atom is 0.271 e. The maximum atomic E-state index is 12.1. The van der Waals surface area contributed by atoms with Gasteiger partial charge < -0.3 is 9.47 Å². The highest BCUT2D eigenvalue weighted by atomic mass is 127. The van der Waals surface area contributed by atoms with Crippen molar-refractivity contribution in [3.8, 4) is 11.5 Å². The summed E-state index contributed by atoms with van der Waals surface area (Å²) in [7, 11) is 3.03. The SMILES string of the molecule is COc1cc(C(=O)N/N=C\c2cc(Cl)c(OC)c(Cl)c2)ccc1I. The van der Waals surface area contributed by atoms with E-state index >= 15 is 0 Å². The van der Waals surface area contributed by atoms with Crippen molar-refractivity contribution in [3.05, 3.63) is 55.1 Å². The molecule has 126 valence electrons. The molecular weight excluding hydrogens is 466 g/mol. The van der Waals surface area contributed by atoms with Crippen LogP contribution in [-0.2, 0) is 0 Å². The Morgan fingerprint density at radius 2 is 1.83 bits per heavy atom. The lowest BCUT2D eigenvalue weighted by Gasteiger charge is -2.07. The van der Waals surface area contributed by atoms with Gasteiger partial charge in [0.2, 0.25) is 0 Å². The smallest absolute Gasteiger partial charge is 0.271 e. The normalized spacial score (nSPS) is 10.7. The van der Waals surface area contributed by atoms with Gasteiger partial charge in [-0.3, -0.25) is 4.79 Å². The Labute approximate surface area is 163 Å². The predicted molar refractivity (Wildman–Crippen MR) is 104 cm³/mol. The van der Waals surface area contributed by atoms with E-state index in [-0.39, 0.29) is 5.91 Å². The van der Waals surface area contributed by atoms with Gasteiger partial charge in [-0.05, 0) is 58.5 Å². The molecule has 1 amide bonds. The molecule has 0 unspecified atom stereocenters. The van der Waals surface area contributed by atoms with E-state index in [1.807, 2.05) is 0 Å². The number of rotatable bonds is 5. The molecule has 0 heterocycles. The fourth-order valence-corrected chi connectivity index (χ4v) is 3.09. The number of carbonyl (C=O) groups excluding carboxylic acids is 1. The molecule has 2 rings (SSSR count). The standard InChI is InChI=1S/C16H13Cl2IN2O3/c1-23-14-7-10(3-4-13(14)19)16(22)21-20-8-9-5-11(17)15(24-2)12(18)6-9/h3-8H,1-2H3,(H,21,22)/b20-8-. The number of hydrazone groups is 1. The van der Waals surface area contributed by atoms with E-state index < -0.39 is 0 Å². The van der Waals surface area contributed by atoms with E-state index in [4.69, 9.17) is 32.7 Å². The molecule has 24 heavy (non-hydrogen) atoms. The van der Waals surface area contributed by atoms with Crippen LogP contribution in [0.1, 0.15) is 15.9 Å². The summed E-state index contributed by atoms with van der Waals surface area (Å²) in [4.78, 5) is 12.1. The molecule has 2 aromatic carbocycles. The van der Waals surface area contributed by atoms with E-state index in [1.54, 1.807) is 37.4 Å². The van der Waals surface area contributed by atoms with Gasteiger partial charge in [-0.15, -0.1) is 0 Å². The molecule has 0 fully saturated rings. The molecule has 0 aliphatic carbocycles. The lowest BCUT2D eigenvalue weighted by molar-refractivity contribution is 0.0954. The van der Waals surface area contributed by atoms with Crippen LogP contribution in [0.2, 0.25) is 10.0 Å². The fourth-order valence-electron chi connectivity index (χ4n) is 1.88. The van der Waals surface area contributed by atoms with Crippen LogP contribution < -0.4 is 14.9 Å². The number of ether oxygens (including phenoxy) is 2. The second kappa shape index (κ2) is 8.55. The third kappa shape index (κ3) is 4.52. The largest absolute Gasteiger partial charge is 0.496 e. The zero-order chi connectivity index (χ0) is 17.7. The summed E-state index contributed by atoms with van der Waals surface area (Å²) in [6.45, 7) is 0. The predicted octanol–water partition coefficient (Wildman–Crippen LogP) is 4.38. The van der Waals surface area contributed by atoms with Crippen LogP contribution >= 0.6 is 45.8 Å². The summed E-state index contributed by atoms with van der Waals surface area (Å²) in [5, 5.41) is 4.63. The Hall–Kier alpha value is -1.51. The molecule has 2 aromatic rings. The first-order chi connectivity index (χ1) is 11.5. The highest BCUT2D eigenvalue weighted by Crippen LogP contribution is 2.33. The van der Waals surface area contributed by atoms with Gasteiger partial charge in [-0.25, -0.2) is 5.43 Å². The lowest BCUT2D eigenvalue weighted by atomic mass is 10.2. The first-order valence-corrected chi connectivity index (χ1v) is 8.49. The van der Waals surface area contributed by atoms with Gasteiger partial charge in [0, 0.05) is 5.56 Å². The molecule has 0 saturated carbocycles. The van der Waals surface area contributed by atoms with Crippen LogP contribution in [0, 0.1) is 3.57 Å². The Bertz CT molecular complexity index is 774. The van der Waals surface area contributed by atoms with Crippen molar-refractivity contribution < 1.29 is 14.3 Å². The van der Waals surface area contributed by atoms with E-state index in [2.05, 4.69) is 33.1 Å². The molecule has 0 aromatic heterocycles. The minimum absolute atomic E-state index is 0.355. The molecule has 0 aliphatic rings. The van der Waals surface area contributed by atoms with Gasteiger partial charge in [-0.1, -0.05) is 23.2 Å². The number of carbonyl (C=O) groups is 1. The van der Waals surface area contributed by atoms with Crippen LogP contribution in [-0.4, -0.2) is 26.3 Å². The molecule has 0 bridgehead atoms. The highest BCUT2D eigenvalue weighted by Gasteiger charge is 2.09. The van der Waals surface area contributed by atoms with Gasteiger partial charge >= 0.3 is 0 Å². The Morgan fingerprint density at radius 1 is 1.17 bits per heavy atom. The topological polar surface area (TPSA) is 59.9 Å². The highest BCUT2D eigenvalue weighted by molar-refractivity contribution is 14.1. The van der Waals surface area contributed by atoms with Gasteiger partial charge in [0.1, 0.15) is 5.75 Å². The number of halogens is 3. The zero-order valence-corrected chi connectivity index (χ0v) is 16.4. The molecule has 0 spiro atoms. The van der Waals surface area contributed by atoms with Gasteiger partial charge in [0.25, 0.3) is 5.91 Å². The van der Waals surface area contributed by atoms with Crippen molar-refractivity contribution in [2.24, 2.45) is 5.10 Å². The number of nitrogens with zero attached hydrogens (tertiary/aromatic N) is 1. The van der Waals surface area contributed by atoms with Crippen LogP contribution in [0.25, 0.3) is 0 Å². The molecule has 0 aliphatic heterocycles. The quantitative estimate of drug-likeness (QED) is 0.394. The van der Waals surface area contributed by atoms with Crippen LogP contribution in [0.15, 0.2) is 35.4 Å². The van der Waals surface area contributed by atoms with Crippen molar-refractivity contribution in [1.82, 2.24) is 5.43 Å². The second-order valence-corrected chi connectivity index (χ2v) is 6.54. The average molecular weight is 479 g/mol. The van der Waals surface area contributed by atoms with Crippen molar-refractivity contribution in [1.29, 1.82) is 0 Å². The van der Waals surface area contributed by atoms with Gasteiger partial charge in [0.05, 0.1) is 34.0 Å². The van der Waals surface area contributed by atoms with E-state index in [9.17, 15) is 4.79 Å². The number of hydrogen-bond acceptors (Lipinski definition) is 4. The Balaban J connectivity index is 2.10. The summed E-state index contributed by atoms with van der Waals surface area (Å²) in [6.07, 6.45) is 1.44. The Kier molecular flexibility index (Phi) is 6.70. The van der Waals surface area contributed by atoms with Crippen molar-refractivity contribution >= 4 is 57.9 Å². The van der Waals surface area contributed by atoms with Crippen LogP contribution in [0.3, 0.4) is 0 Å². The zero-order valence-electron chi connectivity index (χ0n) is 12.8. The summed E-state index contributed by atoms with van der Waals surface area (Å²) >= 11 is 14.2. The molecule has 5 nitrogen and oxygen atoms in total. The van der Waals surface area contributed by atoms with Crippen LogP contribution in [0.5, 0.6) is 11.5 Å². The van der Waals surface area contributed by atoms with Gasteiger partial charge in [0.15, 0.2) is 5.75 Å². The summed E-state index contributed by atoms with van der Waals surface area (Å²) in [5.41, 5.74) is 3.51. The number of methoxy groups -OCH3 is 2.